The van der Waals surface area contributed by atoms with E-state index in [0.717, 1.165) is 24.2 Å². The van der Waals surface area contributed by atoms with E-state index >= 15 is 0 Å². The number of thiazole rings is 1. The standard InChI is InChI=1S/C28H30N2O7S2/c1-5-8-13-37-18-12-11-17(15-19(18)35-6-2)22-21(23(31)20-10-9-14-38-20)24(32)26(33)30(22)28-29-16(4)25(39-28)27(34)36-7-3/h9-12,14-15,22,32H,5-8,13H2,1-4H3. The number of unbranched alkanes of at least 4 members (excludes halogenated alkanes) is 1. The van der Waals surface area contributed by atoms with Gasteiger partial charge in [0.1, 0.15) is 4.88 Å². The molecule has 0 bridgehead atoms. The number of amides is 1. The van der Waals surface area contributed by atoms with Crippen molar-refractivity contribution >= 4 is 45.5 Å². The highest BCUT2D eigenvalue weighted by Crippen LogP contribution is 2.45. The molecule has 1 aliphatic rings. The van der Waals surface area contributed by atoms with Gasteiger partial charge in [0.25, 0.3) is 5.91 Å². The van der Waals surface area contributed by atoms with Crippen LogP contribution in [0, 0.1) is 6.92 Å². The van der Waals surface area contributed by atoms with E-state index in [4.69, 9.17) is 14.2 Å². The first-order valence-electron chi connectivity index (χ1n) is 12.7. The lowest BCUT2D eigenvalue weighted by Gasteiger charge is -2.25. The monoisotopic (exact) mass is 570 g/mol. The maximum atomic E-state index is 13.6. The van der Waals surface area contributed by atoms with Crippen molar-refractivity contribution in [3.05, 3.63) is 68.1 Å². The molecule has 0 aliphatic carbocycles. The third kappa shape index (κ3) is 5.69. The van der Waals surface area contributed by atoms with Gasteiger partial charge in [0.05, 0.1) is 42.0 Å². The number of hydrogen-bond acceptors (Lipinski definition) is 10. The van der Waals surface area contributed by atoms with E-state index in [1.54, 1.807) is 49.6 Å². The molecule has 0 saturated carbocycles. The van der Waals surface area contributed by atoms with Crippen molar-refractivity contribution in [3.8, 4) is 11.5 Å². The average Bonchev–Trinajstić information content (AvgIpc) is 3.64. The number of benzene rings is 1. The molecule has 3 heterocycles. The van der Waals surface area contributed by atoms with Crippen LogP contribution in [0.15, 0.2) is 47.0 Å². The molecular formula is C28H30N2O7S2. The van der Waals surface area contributed by atoms with Crippen LogP contribution in [0.2, 0.25) is 0 Å². The van der Waals surface area contributed by atoms with Gasteiger partial charge in [0, 0.05) is 0 Å². The van der Waals surface area contributed by atoms with E-state index in [2.05, 4.69) is 11.9 Å². The molecule has 1 aromatic carbocycles. The van der Waals surface area contributed by atoms with Crippen LogP contribution in [0.5, 0.6) is 11.5 Å². The highest BCUT2D eigenvalue weighted by molar-refractivity contribution is 7.17. The zero-order valence-corrected chi connectivity index (χ0v) is 23.8. The Labute approximate surface area is 234 Å². The third-order valence-corrected chi connectivity index (χ3v) is 7.99. The largest absolute Gasteiger partial charge is 0.503 e. The van der Waals surface area contributed by atoms with Crippen molar-refractivity contribution in [2.24, 2.45) is 0 Å². The van der Waals surface area contributed by atoms with Gasteiger partial charge in [0.15, 0.2) is 22.4 Å². The summed E-state index contributed by atoms with van der Waals surface area (Å²) in [5.74, 6) is -1.48. The van der Waals surface area contributed by atoms with Crippen LogP contribution in [-0.4, -0.2) is 47.6 Å². The molecule has 4 rings (SSSR count). The maximum Gasteiger partial charge on any atom is 0.350 e. The lowest BCUT2D eigenvalue weighted by molar-refractivity contribution is -0.117. The third-order valence-electron chi connectivity index (χ3n) is 5.99. The Hall–Kier alpha value is -3.70. The number of anilines is 1. The number of aliphatic hydroxyl groups is 1. The Kier molecular flexibility index (Phi) is 9.03. The van der Waals surface area contributed by atoms with Gasteiger partial charge in [0.2, 0.25) is 5.78 Å². The number of carbonyl (C=O) groups is 3. The van der Waals surface area contributed by atoms with Crippen LogP contribution in [0.3, 0.4) is 0 Å². The highest BCUT2D eigenvalue weighted by Gasteiger charge is 2.46. The van der Waals surface area contributed by atoms with E-state index in [1.165, 1.54) is 16.2 Å². The average molecular weight is 571 g/mol. The molecule has 9 nitrogen and oxygen atoms in total. The minimum atomic E-state index is -1.02. The molecular weight excluding hydrogens is 540 g/mol. The molecule has 1 N–H and O–H groups in total. The van der Waals surface area contributed by atoms with Gasteiger partial charge in [-0.15, -0.1) is 11.3 Å². The Morgan fingerprint density at radius 1 is 1.10 bits per heavy atom. The Morgan fingerprint density at radius 2 is 1.90 bits per heavy atom. The first kappa shape index (κ1) is 28.3. The van der Waals surface area contributed by atoms with Gasteiger partial charge >= 0.3 is 5.97 Å². The molecule has 11 heteroatoms. The number of esters is 1. The van der Waals surface area contributed by atoms with Crippen molar-refractivity contribution in [1.29, 1.82) is 0 Å². The first-order chi connectivity index (χ1) is 18.8. The second kappa shape index (κ2) is 12.4. The van der Waals surface area contributed by atoms with E-state index < -0.39 is 29.5 Å². The van der Waals surface area contributed by atoms with Crippen molar-refractivity contribution in [2.45, 2.75) is 46.6 Å². The zero-order chi connectivity index (χ0) is 28.1. The summed E-state index contributed by atoms with van der Waals surface area (Å²) in [4.78, 5) is 45.9. The number of aromatic nitrogens is 1. The maximum absolute atomic E-state index is 13.6. The predicted molar refractivity (Wildman–Crippen MR) is 149 cm³/mol. The number of nitrogens with zero attached hydrogens (tertiary/aromatic N) is 2. The predicted octanol–water partition coefficient (Wildman–Crippen LogP) is 6.05. The summed E-state index contributed by atoms with van der Waals surface area (Å²) in [7, 11) is 0. The van der Waals surface area contributed by atoms with Crippen molar-refractivity contribution in [2.75, 3.05) is 24.7 Å². The minimum absolute atomic E-state index is 0.0740. The molecule has 1 aliphatic heterocycles. The minimum Gasteiger partial charge on any atom is -0.503 e. The van der Waals surface area contributed by atoms with Crippen LogP contribution in [-0.2, 0) is 9.53 Å². The first-order valence-corrected chi connectivity index (χ1v) is 14.4. The quantitative estimate of drug-likeness (QED) is 0.159. The number of thiophene rings is 1. The fourth-order valence-electron chi connectivity index (χ4n) is 4.17. The highest BCUT2D eigenvalue weighted by atomic mass is 32.1. The number of aliphatic hydroxyl groups excluding tert-OH is 1. The molecule has 39 heavy (non-hydrogen) atoms. The summed E-state index contributed by atoms with van der Waals surface area (Å²) in [6.45, 7) is 8.33. The summed E-state index contributed by atoms with van der Waals surface area (Å²) in [6, 6.07) is 7.53. The summed E-state index contributed by atoms with van der Waals surface area (Å²) in [5, 5.41) is 12.9. The van der Waals surface area contributed by atoms with Gasteiger partial charge in [-0.3, -0.25) is 14.5 Å². The summed E-state index contributed by atoms with van der Waals surface area (Å²) in [5.41, 5.74) is 0.825. The van der Waals surface area contributed by atoms with Gasteiger partial charge < -0.3 is 19.3 Å². The normalized spacial score (nSPS) is 15.1. The Bertz CT molecular complexity index is 1390. The van der Waals surface area contributed by atoms with E-state index in [-0.39, 0.29) is 22.2 Å². The lowest BCUT2D eigenvalue weighted by atomic mass is 9.95. The topological polar surface area (TPSA) is 115 Å². The summed E-state index contributed by atoms with van der Waals surface area (Å²) < 4.78 is 16.9. The molecule has 0 fully saturated rings. The Balaban J connectivity index is 1.84. The van der Waals surface area contributed by atoms with Gasteiger partial charge in [-0.05, 0) is 56.3 Å². The number of Topliss-reactive ketones (excluding diaryl/α,β-unsaturated/α-hetero) is 1. The molecule has 1 unspecified atom stereocenters. The van der Waals surface area contributed by atoms with E-state index in [0.29, 0.717) is 40.8 Å². The molecule has 0 saturated heterocycles. The van der Waals surface area contributed by atoms with E-state index in [1.807, 2.05) is 6.92 Å². The fraction of sp³-hybridized carbons (Fsp3) is 0.357. The number of rotatable bonds is 12. The molecule has 1 atom stereocenters. The molecule has 3 aromatic rings. The second-order valence-corrected chi connectivity index (χ2v) is 10.5. The number of carbonyl (C=O) groups excluding carboxylic acids is 3. The smallest absolute Gasteiger partial charge is 0.350 e. The molecule has 1 amide bonds. The summed E-state index contributed by atoms with van der Waals surface area (Å²) in [6.07, 6.45) is 1.85. The lowest BCUT2D eigenvalue weighted by Crippen LogP contribution is -2.31. The van der Waals surface area contributed by atoms with Crippen LogP contribution in [0.25, 0.3) is 0 Å². The van der Waals surface area contributed by atoms with Gasteiger partial charge in [-0.1, -0.05) is 36.8 Å². The zero-order valence-electron chi connectivity index (χ0n) is 22.2. The van der Waals surface area contributed by atoms with Gasteiger partial charge in [-0.25, -0.2) is 9.78 Å². The summed E-state index contributed by atoms with van der Waals surface area (Å²) >= 11 is 2.18. The number of ether oxygens (including phenoxy) is 3. The Morgan fingerprint density at radius 3 is 2.56 bits per heavy atom. The SMILES string of the molecule is CCCCOc1ccc(C2C(C(=O)c3cccs3)=C(O)C(=O)N2c2nc(C)c(C(=O)OCC)s2)cc1OCC. The van der Waals surface area contributed by atoms with Gasteiger partial charge in [-0.2, -0.15) is 0 Å². The van der Waals surface area contributed by atoms with Crippen LogP contribution in [0.1, 0.15) is 70.3 Å². The molecule has 0 spiro atoms. The van der Waals surface area contributed by atoms with Crippen molar-refractivity contribution < 1.29 is 33.7 Å². The number of hydrogen-bond donors (Lipinski definition) is 1. The molecule has 2 aromatic heterocycles. The van der Waals surface area contributed by atoms with Crippen molar-refractivity contribution in [3.63, 3.8) is 0 Å². The van der Waals surface area contributed by atoms with Crippen molar-refractivity contribution in [1.82, 2.24) is 4.98 Å². The number of aryl methyl sites for hydroxylation is 1. The van der Waals surface area contributed by atoms with Crippen LogP contribution >= 0.6 is 22.7 Å². The molecule has 0 radical (unpaired) electrons. The number of ketones is 1. The van der Waals surface area contributed by atoms with Crippen LogP contribution in [0.4, 0.5) is 5.13 Å². The van der Waals surface area contributed by atoms with Crippen LogP contribution < -0.4 is 14.4 Å². The van der Waals surface area contributed by atoms with E-state index in [9.17, 15) is 19.5 Å². The second-order valence-electron chi connectivity index (χ2n) is 8.62. The fourth-order valence-corrected chi connectivity index (χ4v) is 5.84. The molecule has 206 valence electrons.